The first kappa shape index (κ1) is 23.0. The van der Waals surface area contributed by atoms with E-state index in [1.807, 2.05) is 0 Å². The van der Waals surface area contributed by atoms with Gasteiger partial charge in [-0.05, 0) is 12.1 Å². The average Bonchev–Trinajstić information content (AvgIpc) is 2.65. The van der Waals surface area contributed by atoms with E-state index in [0.29, 0.717) is 0 Å². The molecule has 1 heterocycles. The van der Waals surface area contributed by atoms with E-state index in [1.54, 1.807) is 0 Å². The Morgan fingerprint density at radius 2 is 1.60 bits per heavy atom. The van der Waals surface area contributed by atoms with Crippen LogP contribution in [0.1, 0.15) is 20.8 Å². The number of nitro benzene ring substituents is 1. The number of rotatable bonds is 7. The van der Waals surface area contributed by atoms with Crippen LogP contribution in [0.25, 0.3) is 0 Å². The van der Waals surface area contributed by atoms with E-state index >= 15 is 4.39 Å². The molecule has 0 aromatic heterocycles. The summed E-state index contributed by atoms with van der Waals surface area (Å²) < 4.78 is 40.9. The van der Waals surface area contributed by atoms with Crippen molar-refractivity contribution in [2.75, 3.05) is 6.61 Å². The van der Waals surface area contributed by atoms with Crippen molar-refractivity contribution in [1.29, 1.82) is 0 Å². The van der Waals surface area contributed by atoms with Crippen LogP contribution in [0, 0.1) is 10.1 Å². The van der Waals surface area contributed by atoms with E-state index in [-0.39, 0.29) is 11.4 Å². The van der Waals surface area contributed by atoms with E-state index in [9.17, 15) is 24.5 Å². The molecule has 0 unspecified atom stereocenters. The molecule has 12 heteroatoms. The van der Waals surface area contributed by atoms with Gasteiger partial charge in [-0.3, -0.25) is 24.5 Å². The van der Waals surface area contributed by atoms with Gasteiger partial charge in [0.05, 0.1) is 4.92 Å². The number of nitrogens with zero attached hydrogens (tertiary/aromatic N) is 1. The summed E-state index contributed by atoms with van der Waals surface area (Å²) in [6.45, 7) is 2.81. The normalized spacial score (nSPS) is 25.7. The van der Waals surface area contributed by atoms with Crippen molar-refractivity contribution in [1.82, 2.24) is 0 Å². The Labute approximate surface area is 170 Å². The van der Waals surface area contributed by atoms with Gasteiger partial charge in [0.1, 0.15) is 18.5 Å². The number of carbonyl (C=O) groups excluding carboxylic acids is 3. The number of hydrogen-bond donors (Lipinski definition) is 0. The SMILES string of the molecule is CC(=O)OC[C@H]1O[C@@H](Oc2ccc([N+](=O)[O-])cc2)[C@H](F)[C@@H](OC(C)=O)[C@@H]1OC(C)=O. The molecular formula is C18H20FNO10. The molecule has 2 rings (SSSR count). The number of benzene rings is 1. The highest BCUT2D eigenvalue weighted by Gasteiger charge is 2.52. The summed E-state index contributed by atoms with van der Waals surface area (Å²) in [5.74, 6) is -2.27. The van der Waals surface area contributed by atoms with Crippen LogP contribution < -0.4 is 4.74 Å². The van der Waals surface area contributed by atoms with Gasteiger partial charge in [-0.1, -0.05) is 0 Å². The molecule has 1 saturated heterocycles. The second kappa shape index (κ2) is 9.96. The molecular weight excluding hydrogens is 409 g/mol. The van der Waals surface area contributed by atoms with Crippen LogP contribution in [0.5, 0.6) is 5.75 Å². The fraction of sp³-hybridized carbons (Fsp3) is 0.500. The molecule has 1 aliphatic heterocycles. The Kier molecular flexibility index (Phi) is 7.64. The second-order valence-corrected chi connectivity index (χ2v) is 6.31. The summed E-state index contributed by atoms with van der Waals surface area (Å²) >= 11 is 0. The van der Waals surface area contributed by atoms with Crippen LogP contribution in [-0.4, -0.2) is 60.2 Å². The van der Waals surface area contributed by atoms with Gasteiger partial charge in [0, 0.05) is 32.9 Å². The van der Waals surface area contributed by atoms with Crippen molar-refractivity contribution in [3.63, 3.8) is 0 Å². The largest absolute Gasteiger partial charge is 0.463 e. The van der Waals surface area contributed by atoms with E-state index in [2.05, 4.69) is 0 Å². The van der Waals surface area contributed by atoms with Crippen LogP contribution in [0.3, 0.4) is 0 Å². The molecule has 0 saturated carbocycles. The molecule has 11 nitrogen and oxygen atoms in total. The van der Waals surface area contributed by atoms with Crippen molar-refractivity contribution >= 4 is 23.6 Å². The number of ether oxygens (including phenoxy) is 5. The predicted octanol–water partition coefficient (Wildman–Crippen LogP) is 1.46. The third kappa shape index (κ3) is 6.11. The first-order chi connectivity index (χ1) is 14.1. The summed E-state index contributed by atoms with van der Waals surface area (Å²) in [7, 11) is 0. The molecule has 1 aromatic rings. The number of esters is 3. The molecule has 30 heavy (non-hydrogen) atoms. The molecule has 5 atom stereocenters. The summed E-state index contributed by atoms with van der Waals surface area (Å²) in [5, 5.41) is 10.7. The Hall–Kier alpha value is -3.28. The maximum atomic E-state index is 15.1. The summed E-state index contributed by atoms with van der Waals surface area (Å²) in [6.07, 6.45) is -7.97. The lowest BCUT2D eigenvalue weighted by Gasteiger charge is -2.41. The monoisotopic (exact) mass is 429 g/mol. The van der Waals surface area contributed by atoms with E-state index < -0.39 is 60.2 Å². The smallest absolute Gasteiger partial charge is 0.303 e. The Balaban J connectivity index is 2.28. The fourth-order valence-electron chi connectivity index (χ4n) is 2.74. The molecule has 1 fully saturated rings. The average molecular weight is 429 g/mol. The molecule has 0 amide bonds. The first-order valence-electron chi connectivity index (χ1n) is 8.77. The molecule has 0 spiro atoms. The highest BCUT2D eigenvalue weighted by Crippen LogP contribution is 2.31. The summed E-state index contributed by atoms with van der Waals surface area (Å²) in [6, 6.07) is 4.75. The van der Waals surface area contributed by atoms with Crippen molar-refractivity contribution in [2.24, 2.45) is 0 Å². The van der Waals surface area contributed by atoms with Gasteiger partial charge < -0.3 is 23.7 Å². The van der Waals surface area contributed by atoms with Crippen LogP contribution in [-0.2, 0) is 33.3 Å². The first-order valence-corrected chi connectivity index (χ1v) is 8.77. The van der Waals surface area contributed by atoms with Gasteiger partial charge >= 0.3 is 17.9 Å². The van der Waals surface area contributed by atoms with Crippen molar-refractivity contribution in [3.8, 4) is 5.75 Å². The lowest BCUT2D eigenvalue weighted by Crippen LogP contribution is -2.61. The third-order valence-corrected chi connectivity index (χ3v) is 3.93. The maximum absolute atomic E-state index is 15.1. The number of halogens is 1. The van der Waals surface area contributed by atoms with Crippen molar-refractivity contribution < 1.29 is 47.4 Å². The minimum Gasteiger partial charge on any atom is -0.463 e. The van der Waals surface area contributed by atoms with E-state index in [4.69, 9.17) is 23.7 Å². The van der Waals surface area contributed by atoms with Crippen LogP contribution in [0.15, 0.2) is 24.3 Å². The van der Waals surface area contributed by atoms with E-state index in [1.165, 1.54) is 12.1 Å². The number of alkyl halides is 1. The van der Waals surface area contributed by atoms with Crippen LogP contribution in [0.4, 0.5) is 10.1 Å². The number of nitro groups is 1. The van der Waals surface area contributed by atoms with Gasteiger partial charge in [-0.15, -0.1) is 0 Å². The number of non-ortho nitro benzene ring substituents is 1. The highest BCUT2D eigenvalue weighted by molar-refractivity contribution is 5.67. The molecule has 0 bridgehead atoms. The molecule has 0 aliphatic carbocycles. The van der Waals surface area contributed by atoms with Gasteiger partial charge in [-0.2, -0.15) is 0 Å². The van der Waals surface area contributed by atoms with Crippen LogP contribution in [0.2, 0.25) is 0 Å². The number of carbonyl (C=O) groups is 3. The maximum Gasteiger partial charge on any atom is 0.303 e. The van der Waals surface area contributed by atoms with E-state index in [0.717, 1.165) is 32.9 Å². The number of hydrogen-bond acceptors (Lipinski definition) is 10. The Morgan fingerprint density at radius 1 is 1.03 bits per heavy atom. The minimum absolute atomic E-state index is 0.0343. The predicted molar refractivity (Wildman–Crippen MR) is 95.0 cm³/mol. The summed E-state index contributed by atoms with van der Waals surface area (Å²) in [4.78, 5) is 44.2. The zero-order valence-electron chi connectivity index (χ0n) is 16.3. The molecule has 1 aromatic carbocycles. The topological polar surface area (TPSA) is 141 Å². The molecule has 0 radical (unpaired) electrons. The highest BCUT2D eigenvalue weighted by atomic mass is 19.1. The standard InChI is InChI=1S/C18H20FNO10/c1-9(21)26-8-14-16(27-10(2)22)17(28-11(3)23)15(19)18(30-14)29-13-6-4-12(5-7-13)20(24)25/h4-7,14-18H,8H2,1-3H3/t14-,15-,16-,17-,18-/m1/s1. The lowest BCUT2D eigenvalue weighted by atomic mass is 9.99. The van der Waals surface area contributed by atoms with Gasteiger partial charge in [0.15, 0.2) is 12.2 Å². The second-order valence-electron chi connectivity index (χ2n) is 6.31. The molecule has 164 valence electrons. The van der Waals surface area contributed by atoms with Gasteiger partial charge in [0.25, 0.3) is 5.69 Å². The quantitative estimate of drug-likeness (QED) is 0.271. The Morgan fingerprint density at radius 3 is 2.10 bits per heavy atom. The van der Waals surface area contributed by atoms with Crippen molar-refractivity contribution in [3.05, 3.63) is 34.4 Å². The Bertz CT molecular complexity index is 799. The fourth-order valence-corrected chi connectivity index (χ4v) is 2.74. The zero-order chi connectivity index (χ0) is 22.4. The van der Waals surface area contributed by atoms with Crippen molar-refractivity contribution in [2.45, 2.75) is 51.5 Å². The molecule has 0 N–H and O–H groups in total. The van der Waals surface area contributed by atoms with Gasteiger partial charge in [-0.25, -0.2) is 4.39 Å². The third-order valence-electron chi connectivity index (χ3n) is 3.93. The lowest BCUT2D eigenvalue weighted by molar-refractivity contribution is -0.384. The van der Waals surface area contributed by atoms with Gasteiger partial charge in [0.2, 0.25) is 12.5 Å². The summed E-state index contributed by atoms with van der Waals surface area (Å²) in [5.41, 5.74) is -0.204. The zero-order valence-corrected chi connectivity index (χ0v) is 16.3. The van der Waals surface area contributed by atoms with Crippen LogP contribution >= 0.6 is 0 Å². The minimum atomic E-state index is -2.10. The molecule has 1 aliphatic rings.